The second-order valence-electron chi connectivity index (χ2n) is 6.54. The van der Waals surface area contributed by atoms with Gasteiger partial charge in [-0.1, -0.05) is 6.07 Å². The summed E-state index contributed by atoms with van der Waals surface area (Å²) in [4.78, 5) is 27.7. The van der Waals surface area contributed by atoms with Gasteiger partial charge in [0.1, 0.15) is 5.82 Å². The number of hydrogen-bond acceptors (Lipinski definition) is 3. The molecular formula is C18H23N3O3. The smallest absolute Gasteiger partial charge is 0.303 e. The van der Waals surface area contributed by atoms with Crippen molar-refractivity contribution in [2.75, 3.05) is 0 Å². The zero-order valence-corrected chi connectivity index (χ0v) is 14.5. The molecule has 0 saturated heterocycles. The van der Waals surface area contributed by atoms with Gasteiger partial charge in [0.15, 0.2) is 0 Å². The first-order chi connectivity index (χ1) is 11.2. The average Bonchev–Trinajstić information content (AvgIpc) is 2.81. The molecule has 0 bridgehead atoms. The van der Waals surface area contributed by atoms with Crippen molar-refractivity contribution >= 4 is 11.9 Å². The van der Waals surface area contributed by atoms with Crippen LogP contribution in [0.25, 0.3) is 5.82 Å². The van der Waals surface area contributed by atoms with Crippen molar-refractivity contribution in [2.24, 2.45) is 0 Å². The number of carboxylic acid groups (broad SMARTS) is 1. The molecule has 6 nitrogen and oxygen atoms in total. The second-order valence-corrected chi connectivity index (χ2v) is 6.54. The molecule has 2 heterocycles. The van der Waals surface area contributed by atoms with Gasteiger partial charge in [-0.15, -0.1) is 0 Å². The Bertz CT molecular complexity index is 748. The van der Waals surface area contributed by atoms with Crippen molar-refractivity contribution in [3.8, 4) is 5.82 Å². The Kier molecular flexibility index (Phi) is 5.07. The van der Waals surface area contributed by atoms with E-state index in [1.54, 1.807) is 6.20 Å². The van der Waals surface area contributed by atoms with Crippen LogP contribution < -0.4 is 5.32 Å². The highest BCUT2D eigenvalue weighted by Gasteiger charge is 2.25. The highest BCUT2D eigenvalue weighted by Crippen LogP contribution is 2.21. The predicted molar refractivity (Wildman–Crippen MR) is 91.5 cm³/mol. The minimum atomic E-state index is -0.870. The van der Waals surface area contributed by atoms with Gasteiger partial charge < -0.3 is 15.0 Å². The van der Waals surface area contributed by atoms with Gasteiger partial charge >= 0.3 is 5.97 Å². The predicted octanol–water partition coefficient (Wildman–Crippen LogP) is 2.86. The van der Waals surface area contributed by atoms with E-state index in [1.165, 1.54) is 0 Å². The van der Waals surface area contributed by atoms with E-state index in [9.17, 15) is 9.59 Å². The van der Waals surface area contributed by atoms with Crippen LogP contribution in [0.4, 0.5) is 0 Å². The zero-order chi connectivity index (χ0) is 17.9. The van der Waals surface area contributed by atoms with Gasteiger partial charge in [0, 0.05) is 29.5 Å². The Balaban J connectivity index is 2.24. The fourth-order valence-electron chi connectivity index (χ4n) is 2.69. The number of hydrogen-bond donors (Lipinski definition) is 2. The maximum absolute atomic E-state index is 12.6. The molecule has 0 aromatic carbocycles. The number of aliphatic carboxylic acids is 1. The van der Waals surface area contributed by atoms with E-state index in [2.05, 4.69) is 10.3 Å². The topological polar surface area (TPSA) is 84.2 Å². The van der Waals surface area contributed by atoms with Gasteiger partial charge in [-0.2, -0.15) is 0 Å². The van der Waals surface area contributed by atoms with Crippen LogP contribution in [-0.4, -0.2) is 32.1 Å². The summed E-state index contributed by atoms with van der Waals surface area (Å²) in [6, 6.07) is 7.46. The molecule has 0 radical (unpaired) electrons. The molecule has 0 fully saturated rings. The van der Waals surface area contributed by atoms with Crippen molar-refractivity contribution in [1.82, 2.24) is 14.9 Å². The third kappa shape index (κ3) is 4.01. The fraction of sp³-hybridized carbons (Fsp3) is 0.389. The van der Waals surface area contributed by atoms with Crippen molar-refractivity contribution in [3.05, 3.63) is 47.4 Å². The molecule has 6 heteroatoms. The van der Waals surface area contributed by atoms with Gasteiger partial charge in [0.2, 0.25) is 0 Å². The summed E-state index contributed by atoms with van der Waals surface area (Å²) in [5, 5.41) is 11.7. The highest BCUT2D eigenvalue weighted by molar-refractivity contribution is 5.96. The van der Waals surface area contributed by atoms with Gasteiger partial charge in [-0.3, -0.25) is 9.59 Å². The Hall–Kier alpha value is -2.63. The van der Waals surface area contributed by atoms with Crippen molar-refractivity contribution in [2.45, 2.75) is 46.1 Å². The number of carbonyl (C=O) groups is 2. The van der Waals surface area contributed by atoms with Gasteiger partial charge in [0.25, 0.3) is 5.91 Å². The summed E-state index contributed by atoms with van der Waals surface area (Å²) in [6.07, 6.45) is 2.09. The lowest BCUT2D eigenvalue weighted by Crippen LogP contribution is -2.43. The SMILES string of the molecule is Cc1cc(C(=O)NC(C)(C)CCC(=O)O)c(C)n1-c1ccccn1. The van der Waals surface area contributed by atoms with E-state index in [0.29, 0.717) is 12.0 Å². The maximum atomic E-state index is 12.6. The molecule has 1 amide bonds. The molecule has 2 N–H and O–H groups in total. The molecule has 0 unspecified atom stereocenters. The summed E-state index contributed by atoms with van der Waals surface area (Å²) in [5.41, 5.74) is 1.70. The molecular weight excluding hydrogens is 306 g/mol. The standard InChI is InChI=1S/C18H23N3O3/c1-12-11-14(13(2)21(12)15-7-5-6-10-19-15)17(24)20-18(3,4)9-8-16(22)23/h5-7,10-11H,8-9H2,1-4H3,(H,20,24)(H,22,23). The number of carboxylic acids is 1. The monoisotopic (exact) mass is 329 g/mol. The van der Waals surface area contributed by atoms with E-state index in [-0.39, 0.29) is 12.3 Å². The molecule has 0 spiro atoms. The zero-order valence-electron chi connectivity index (χ0n) is 14.5. The highest BCUT2D eigenvalue weighted by atomic mass is 16.4. The van der Waals surface area contributed by atoms with Crippen LogP contribution in [0.15, 0.2) is 30.5 Å². The first kappa shape index (κ1) is 17.7. The number of aromatic nitrogens is 2. The summed E-state index contributed by atoms with van der Waals surface area (Å²) >= 11 is 0. The fourth-order valence-corrected chi connectivity index (χ4v) is 2.69. The Morgan fingerprint density at radius 3 is 2.58 bits per heavy atom. The lowest BCUT2D eigenvalue weighted by atomic mass is 9.98. The third-order valence-corrected chi connectivity index (χ3v) is 3.97. The van der Waals surface area contributed by atoms with Gasteiger partial charge in [-0.05, 0) is 52.3 Å². The van der Waals surface area contributed by atoms with Crippen molar-refractivity contribution in [1.29, 1.82) is 0 Å². The quantitative estimate of drug-likeness (QED) is 0.853. The number of amides is 1. The second kappa shape index (κ2) is 6.86. The van der Waals surface area contributed by atoms with E-state index in [1.807, 2.05) is 56.5 Å². The third-order valence-electron chi connectivity index (χ3n) is 3.97. The molecule has 2 aromatic rings. The molecule has 2 rings (SSSR count). The van der Waals surface area contributed by atoms with E-state index in [4.69, 9.17) is 5.11 Å². The summed E-state index contributed by atoms with van der Waals surface area (Å²) < 4.78 is 1.93. The molecule has 0 aliphatic rings. The van der Waals surface area contributed by atoms with Crippen LogP contribution >= 0.6 is 0 Å². The first-order valence-corrected chi connectivity index (χ1v) is 7.86. The number of nitrogens with zero attached hydrogens (tertiary/aromatic N) is 2. The number of aryl methyl sites for hydroxylation is 1. The minimum Gasteiger partial charge on any atom is -0.481 e. The van der Waals surface area contributed by atoms with Crippen LogP contribution in [0.3, 0.4) is 0 Å². The van der Waals surface area contributed by atoms with E-state index in [0.717, 1.165) is 17.2 Å². The van der Waals surface area contributed by atoms with E-state index < -0.39 is 11.5 Å². The molecule has 0 aliphatic heterocycles. The molecule has 2 aromatic heterocycles. The molecule has 0 saturated carbocycles. The average molecular weight is 329 g/mol. The number of rotatable bonds is 6. The van der Waals surface area contributed by atoms with Gasteiger partial charge in [-0.25, -0.2) is 4.98 Å². The number of carbonyl (C=O) groups excluding carboxylic acids is 1. The molecule has 0 aliphatic carbocycles. The van der Waals surface area contributed by atoms with Crippen LogP contribution in [0.1, 0.15) is 48.4 Å². The molecule has 128 valence electrons. The Morgan fingerprint density at radius 1 is 1.29 bits per heavy atom. The normalized spacial score (nSPS) is 11.3. The van der Waals surface area contributed by atoms with Crippen LogP contribution in [0.5, 0.6) is 0 Å². The summed E-state index contributed by atoms with van der Waals surface area (Å²) in [5.74, 6) is -0.317. The Labute approximate surface area is 141 Å². The van der Waals surface area contributed by atoms with Crippen molar-refractivity contribution in [3.63, 3.8) is 0 Å². The minimum absolute atomic E-state index is 0.0141. The van der Waals surface area contributed by atoms with Gasteiger partial charge in [0.05, 0.1) is 5.56 Å². The summed E-state index contributed by atoms with van der Waals surface area (Å²) in [6.45, 7) is 7.45. The maximum Gasteiger partial charge on any atom is 0.303 e. The van der Waals surface area contributed by atoms with Crippen molar-refractivity contribution < 1.29 is 14.7 Å². The number of pyridine rings is 1. The van der Waals surface area contributed by atoms with Crippen LogP contribution in [0.2, 0.25) is 0 Å². The van der Waals surface area contributed by atoms with Crippen LogP contribution in [0, 0.1) is 13.8 Å². The largest absolute Gasteiger partial charge is 0.481 e. The number of nitrogens with one attached hydrogen (secondary N) is 1. The lowest BCUT2D eigenvalue weighted by Gasteiger charge is -2.25. The first-order valence-electron chi connectivity index (χ1n) is 7.86. The molecule has 0 atom stereocenters. The van der Waals surface area contributed by atoms with Crippen LogP contribution in [-0.2, 0) is 4.79 Å². The molecule has 24 heavy (non-hydrogen) atoms. The Morgan fingerprint density at radius 2 is 2.00 bits per heavy atom. The lowest BCUT2D eigenvalue weighted by molar-refractivity contribution is -0.137. The summed E-state index contributed by atoms with van der Waals surface area (Å²) in [7, 11) is 0. The van der Waals surface area contributed by atoms with E-state index >= 15 is 0 Å².